The van der Waals surface area contributed by atoms with Crippen molar-refractivity contribution in [3.63, 3.8) is 0 Å². The van der Waals surface area contributed by atoms with Crippen LogP contribution in [0, 0.1) is 34.5 Å². The Balaban J connectivity index is 1.70. The zero-order valence-electron chi connectivity index (χ0n) is 16.1. The van der Waals surface area contributed by atoms with Crippen LogP contribution in [0.25, 0.3) is 0 Å². The summed E-state index contributed by atoms with van der Waals surface area (Å²) in [6, 6.07) is 0.418. The number of hydrogen-bond donors (Lipinski definition) is 1. The van der Waals surface area contributed by atoms with Gasteiger partial charge in [-0.2, -0.15) is 0 Å². The maximum atomic E-state index is 12.3. The lowest BCUT2D eigenvalue weighted by atomic mass is 9.45. The molecule has 3 unspecified atom stereocenters. The third-order valence-corrected chi connectivity index (χ3v) is 8.89. The molecular formula is C21H35NO2. The molecule has 24 heavy (non-hydrogen) atoms. The number of hydrogen-bond acceptors (Lipinski definition) is 2. The van der Waals surface area contributed by atoms with Gasteiger partial charge in [0.15, 0.2) is 0 Å². The molecule has 0 aromatic rings. The van der Waals surface area contributed by atoms with Crippen LogP contribution in [0.15, 0.2) is 0 Å². The van der Waals surface area contributed by atoms with Crippen molar-refractivity contribution in [3.05, 3.63) is 0 Å². The number of rotatable bonds is 0. The largest absolute Gasteiger partial charge is 0.390 e. The van der Waals surface area contributed by atoms with E-state index in [1.54, 1.807) is 0 Å². The fraction of sp³-hybridized carbons (Fsp3) is 0.952. The topological polar surface area (TPSA) is 40.5 Å². The highest BCUT2D eigenvalue weighted by Gasteiger charge is 2.63. The van der Waals surface area contributed by atoms with Gasteiger partial charge < -0.3 is 10.0 Å². The van der Waals surface area contributed by atoms with Crippen molar-refractivity contribution in [2.24, 2.45) is 34.5 Å². The molecule has 0 radical (unpaired) electrons. The van der Waals surface area contributed by atoms with Crippen molar-refractivity contribution in [1.29, 1.82) is 0 Å². The molecular weight excluding hydrogens is 298 g/mol. The normalized spacial score (nSPS) is 57.3. The van der Waals surface area contributed by atoms with E-state index in [-0.39, 0.29) is 5.41 Å². The zero-order chi connectivity index (χ0) is 17.5. The number of likely N-dealkylation sites (tertiary alicyclic amines) is 1. The smallest absolute Gasteiger partial charge is 0.222 e. The van der Waals surface area contributed by atoms with Crippen molar-refractivity contribution >= 4 is 5.91 Å². The summed E-state index contributed by atoms with van der Waals surface area (Å²) in [5, 5.41) is 10.8. The molecule has 8 atom stereocenters. The summed E-state index contributed by atoms with van der Waals surface area (Å²) in [6.45, 7) is 9.38. The van der Waals surface area contributed by atoms with Crippen LogP contribution in [-0.2, 0) is 4.79 Å². The minimum absolute atomic E-state index is 0.273. The first kappa shape index (κ1) is 16.9. The summed E-state index contributed by atoms with van der Waals surface area (Å²) in [6.07, 6.45) is 7.42. The van der Waals surface area contributed by atoms with Gasteiger partial charge in [0.05, 0.1) is 5.60 Å². The summed E-state index contributed by atoms with van der Waals surface area (Å²) in [5.74, 6) is 3.09. The van der Waals surface area contributed by atoms with Crippen molar-refractivity contribution < 1.29 is 9.90 Å². The summed E-state index contributed by atoms with van der Waals surface area (Å²) in [5.41, 5.74) is 0.110. The quantitative estimate of drug-likeness (QED) is 0.731. The van der Waals surface area contributed by atoms with Gasteiger partial charge in [-0.3, -0.25) is 4.79 Å². The van der Waals surface area contributed by atoms with Crippen LogP contribution in [-0.4, -0.2) is 34.6 Å². The second kappa shape index (κ2) is 4.99. The van der Waals surface area contributed by atoms with Gasteiger partial charge in [-0.25, -0.2) is 0 Å². The van der Waals surface area contributed by atoms with E-state index < -0.39 is 5.60 Å². The van der Waals surface area contributed by atoms with Crippen LogP contribution in [0.4, 0.5) is 0 Å². The van der Waals surface area contributed by atoms with Gasteiger partial charge in [0.2, 0.25) is 5.91 Å². The Morgan fingerprint density at radius 1 is 1.17 bits per heavy atom. The molecule has 1 aliphatic heterocycles. The molecule has 3 saturated carbocycles. The van der Waals surface area contributed by atoms with Crippen molar-refractivity contribution in [3.8, 4) is 0 Å². The summed E-state index contributed by atoms with van der Waals surface area (Å²) < 4.78 is 0. The molecule has 3 aliphatic carbocycles. The van der Waals surface area contributed by atoms with Crippen LogP contribution < -0.4 is 0 Å². The number of amides is 1. The highest BCUT2D eigenvalue weighted by atomic mass is 16.3. The van der Waals surface area contributed by atoms with E-state index in [2.05, 4.69) is 32.6 Å². The molecule has 136 valence electrons. The third-order valence-electron chi connectivity index (χ3n) is 8.89. The van der Waals surface area contributed by atoms with E-state index in [1.807, 2.05) is 7.05 Å². The first-order valence-corrected chi connectivity index (χ1v) is 10.1. The van der Waals surface area contributed by atoms with Crippen LogP contribution in [0.5, 0.6) is 0 Å². The van der Waals surface area contributed by atoms with Crippen molar-refractivity contribution in [2.75, 3.05) is 7.05 Å². The Labute approximate surface area is 147 Å². The second-order valence-corrected chi connectivity index (χ2v) is 10.6. The van der Waals surface area contributed by atoms with Crippen LogP contribution >= 0.6 is 0 Å². The minimum atomic E-state index is -0.481. The molecule has 3 heteroatoms. The molecule has 4 aliphatic rings. The first-order chi connectivity index (χ1) is 11.1. The molecule has 3 nitrogen and oxygen atoms in total. The lowest BCUT2D eigenvalue weighted by Gasteiger charge is -2.63. The summed E-state index contributed by atoms with van der Waals surface area (Å²) in [7, 11) is 2.03. The Bertz CT molecular complexity index is 558. The van der Waals surface area contributed by atoms with Gasteiger partial charge in [0, 0.05) is 19.5 Å². The zero-order valence-corrected chi connectivity index (χ0v) is 16.1. The third kappa shape index (κ3) is 2.15. The highest BCUT2D eigenvalue weighted by molar-refractivity contribution is 5.77. The molecule has 0 aromatic carbocycles. The minimum Gasteiger partial charge on any atom is -0.390 e. The van der Waals surface area contributed by atoms with E-state index in [9.17, 15) is 9.90 Å². The van der Waals surface area contributed by atoms with Gasteiger partial charge >= 0.3 is 0 Å². The molecule has 1 heterocycles. The number of carbonyl (C=O) groups is 1. The molecule has 1 N–H and O–H groups in total. The average molecular weight is 334 g/mol. The van der Waals surface area contributed by atoms with E-state index in [0.29, 0.717) is 35.1 Å². The van der Waals surface area contributed by atoms with Crippen molar-refractivity contribution in [2.45, 2.75) is 84.3 Å². The molecule has 0 bridgehead atoms. The van der Waals surface area contributed by atoms with Gasteiger partial charge in [0.25, 0.3) is 0 Å². The Hall–Kier alpha value is -0.570. The maximum Gasteiger partial charge on any atom is 0.222 e. The Morgan fingerprint density at radius 2 is 1.88 bits per heavy atom. The standard InChI is InChI=1S/C21H35NO2/c1-13-10-16-21(4,9-7-17(23)22(16)5)14-6-8-19(2)12-20(3,24)11-15(19)18(13)14/h13-16,18,24H,6-12H2,1-5H3/t13?,14-,15+,16?,18-,19-,20?,21-/m1/s1. The number of fused-ring (bicyclic) bond motifs is 5. The molecule has 0 aromatic heterocycles. The average Bonchev–Trinajstić information content (AvgIpc) is 2.74. The summed E-state index contributed by atoms with van der Waals surface area (Å²) >= 11 is 0. The number of nitrogens with zero attached hydrogens (tertiary/aromatic N) is 1. The van der Waals surface area contributed by atoms with Crippen LogP contribution in [0.3, 0.4) is 0 Å². The molecule has 4 fully saturated rings. The Morgan fingerprint density at radius 3 is 2.58 bits per heavy atom. The number of carbonyl (C=O) groups excluding carboxylic acids is 1. The van der Waals surface area contributed by atoms with Crippen LogP contribution in [0.1, 0.15) is 72.6 Å². The summed E-state index contributed by atoms with van der Waals surface area (Å²) in [4.78, 5) is 14.3. The van der Waals surface area contributed by atoms with Gasteiger partial charge in [-0.1, -0.05) is 20.8 Å². The van der Waals surface area contributed by atoms with Crippen LogP contribution in [0.2, 0.25) is 0 Å². The lowest BCUT2D eigenvalue weighted by molar-refractivity contribution is -0.164. The maximum absolute atomic E-state index is 12.3. The molecule has 1 saturated heterocycles. The lowest BCUT2D eigenvalue weighted by Crippen LogP contribution is -2.62. The molecule has 4 rings (SSSR count). The predicted molar refractivity (Wildman–Crippen MR) is 95.3 cm³/mol. The first-order valence-electron chi connectivity index (χ1n) is 10.1. The van der Waals surface area contributed by atoms with Crippen molar-refractivity contribution in [1.82, 2.24) is 4.90 Å². The monoisotopic (exact) mass is 333 g/mol. The van der Waals surface area contributed by atoms with Gasteiger partial charge in [-0.15, -0.1) is 0 Å². The SMILES string of the molecule is CC1CC2N(C)C(=O)CC[C@]2(C)[C@@H]2CC[C@]3(C)CC(C)(O)C[C@H]3[C@H]12. The number of piperidine rings is 1. The van der Waals surface area contributed by atoms with E-state index in [1.165, 1.54) is 12.8 Å². The van der Waals surface area contributed by atoms with Gasteiger partial charge in [0.1, 0.15) is 0 Å². The molecule has 1 amide bonds. The second-order valence-electron chi connectivity index (χ2n) is 10.6. The van der Waals surface area contributed by atoms with E-state index in [0.717, 1.165) is 38.0 Å². The fourth-order valence-corrected chi connectivity index (χ4v) is 7.89. The highest BCUT2D eigenvalue weighted by Crippen LogP contribution is 2.67. The Kier molecular flexibility index (Phi) is 3.51. The number of aliphatic hydroxyl groups is 1. The predicted octanol–water partition coefficient (Wildman–Crippen LogP) is 3.85. The molecule has 0 spiro atoms. The fourth-order valence-electron chi connectivity index (χ4n) is 7.89. The van der Waals surface area contributed by atoms with E-state index >= 15 is 0 Å². The van der Waals surface area contributed by atoms with E-state index in [4.69, 9.17) is 0 Å². The van der Waals surface area contributed by atoms with Gasteiger partial charge in [-0.05, 0) is 80.0 Å².